The van der Waals surface area contributed by atoms with Crippen molar-refractivity contribution in [3.05, 3.63) is 72.3 Å². The molecule has 2 aliphatic heterocycles. The van der Waals surface area contributed by atoms with Gasteiger partial charge in [-0.25, -0.2) is 4.79 Å². The van der Waals surface area contributed by atoms with Gasteiger partial charge in [0.2, 0.25) is 0 Å². The van der Waals surface area contributed by atoms with Crippen LogP contribution >= 0.6 is 0 Å². The molecule has 3 aromatic rings. The molecule has 172 valence electrons. The zero-order valence-corrected chi connectivity index (χ0v) is 19.3. The van der Waals surface area contributed by atoms with E-state index in [0.29, 0.717) is 18.2 Å². The number of benzene rings is 3. The van der Waals surface area contributed by atoms with Crippen molar-refractivity contribution in [2.45, 2.75) is 37.6 Å². The minimum absolute atomic E-state index is 0.150. The smallest absolute Gasteiger partial charge is 0.415 e. The van der Waals surface area contributed by atoms with Crippen molar-refractivity contribution < 1.29 is 14.3 Å². The van der Waals surface area contributed by atoms with Crippen molar-refractivity contribution >= 4 is 16.9 Å². The van der Waals surface area contributed by atoms with E-state index in [1.807, 2.05) is 53.4 Å². The predicted molar refractivity (Wildman–Crippen MR) is 131 cm³/mol. The Morgan fingerprint density at radius 3 is 2.39 bits per heavy atom. The summed E-state index contributed by atoms with van der Waals surface area (Å²) in [5, 5.41) is 2.22. The van der Waals surface area contributed by atoms with Gasteiger partial charge in [0, 0.05) is 19.1 Å². The molecule has 2 aliphatic rings. The first-order valence-corrected chi connectivity index (χ1v) is 12.0. The molecule has 0 aliphatic carbocycles. The second-order valence-electron chi connectivity index (χ2n) is 9.23. The molecule has 0 saturated carbocycles. The normalized spacial score (nSPS) is 21.3. The summed E-state index contributed by atoms with van der Waals surface area (Å²) in [7, 11) is 1.70. The van der Waals surface area contributed by atoms with Crippen LogP contribution in [0.1, 0.15) is 37.2 Å². The molecule has 2 unspecified atom stereocenters. The minimum atomic E-state index is -0.234. The summed E-state index contributed by atoms with van der Waals surface area (Å²) in [5.41, 5.74) is 1.32. The summed E-state index contributed by atoms with van der Waals surface area (Å²) in [5.74, 6) is 1.92. The summed E-state index contributed by atoms with van der Waals surface area (Å²) >= 11 is 0. The molecule has 2 atom stereocenters. The lowest BCUT2D eigenvalue weighted by atomic mass is 9.85. The van der Waals surface area contributed by atoms with Crippen molar-refractivity contribution in [2.75, 3.05) is 33.3 Å². The standard InChI is InChI=1S/C28H32N2O3/c1-32-26-11-8-22(9-12-26)24-14-17-30(25(18-24)20-29-15-4-5-16-29)28(31)33-27-13-10-21-6-2-3-7-23(21)19-27/h2-3,6-13,19,24-25H,4-5,14-18,20H2,1H3. The monoisotopic (exact) mass is 444 g/mol. The Morgan fingerprint density at radius 2 is 1.64 bits per heavy atom. The molecule has 0 aromatic heterocycles. The van der Waals surface area contributed by atoms with Gasteiger partial charge in [-0.05, 0) is 85.3 Å². The van der Waals surface area contributed by atoms with E-state index in [1.165, 1.54) is 18.4 Å². The van der Waals surface area contributed by atoms with E-state index in [-0.39, 0.29) is 12.1 Å². The highest BCUT2D eigenvalue weighted by atomic mass is 16.6. The van der Waals surface area contributed by atoms with Crippen molar-refractivity contribution in [1.29, 1.82) is 0 Å². The van der Waals surface area contributed by atoms with Crippen molar-refractivity contribution in [3.63, 3.8) is 0 Å². The molecule has 0 N–H and O–H groups in total. The first-order valence-electron chi connectivity index (χ1n) is 12.0. The largest absolute Gasteiger partial charge is 0.497 e. The summed E-state index contributed by atoms with van der Waals surface area (Å²) < 4.78 is 11.2. The molecule has 3 aromatic carbocycles. The highest BCUT2D eigenvalue weighted by Crippen LogP contribution is 2.34. The Morgan fingerprint density at radius 1 is 0.909 bits per heavy atom. The lowest BCUT2D eigenvalue weighted by Gasteiger charge is -2.40. The van der Waals surface area contributed by atoms with Gasteiger partial charge in [-0.2, -0.15) is 0 Å². The summed E-state index contributed by atoms with van der Waals surface area (Å²) in [6, 6.07) is 22.5. The number of carbonyl (C=O) groups is 1. The molecule has 0 spiro atoms. The Kier molecular flexibility index (Phi) is 6.49. The topological polar surface area (TPSA) is 42.0 Å². The van der Waals surface area contributed by atoms with Crippen LogP contribution in [0.25, 0.3) is 10.8 Å². The summed E-state index contributed by atoms with van der Waals surface area (Å²) in [6.45, 7) is 3.87. The molecule has 0 bridgehead atoms. The molecule has 0 radical (unpaired) electrons. The number of likely N-dealkylation sites (tertiary alicyclic amines) is 2. The van der Waals surface area contributed by atoms with E-state index in [0.717, 1.165) is 49.0 Å². The van der Waals surface area contributed by atoms with Crippen LogP contribution in [-0.2, 0) is 0 Å². The van der Waals surface area contributed by atoms with E-state index in [4.69, 9.17) is 9.47 Å². The second kappa shape index (κ2) is 9.84. The average Bonchev–Trinajstić information content (AvgIpc) is 3.37. The maximum Gasteiger partial charge on any atom is 0.415 e. The van der Waals surface area contributed by atoms with E-state index in [2.05, 4.69) is 23.1 Å². The predicted octanol–water partition coefficient (Wildman–Crippen LogP) is 5.69. The number of methoxy groups -OCH3 is 1. The van der Waals surface area contributed by atoms with Crippen molar-refractivity contribution in [1.82, 2.24) is 9.80 Å². The lowest BCUT2D eigenvalue weighted by molar-refractivity contribution is 0.0903. The number of rotatable bonds is 5. The van der Waals surface area contributed by atoms with E-state index in [9.17, 15) is 4.79 Å². The van der Waals surface area contributed by atoms with Crippen LogP contribution < -0.4 is 9.47 Å². The molecular weight excluding hydrogens is 412 g/mol. The molecule has 5 nitrogen and oxygen atoms in total. The Bertz CT molecular complexity index is 1090. The van der Waals surface area contributed by atoms with Crippen LogP contribution in [0.15, 0.2) is 66.7 Å². The number of hydrogen-bond acceptors (Lipinski definition) is 4. The molecule has 2 heterocycles. The van der Waals surface area contributed by atoms with Gasteiger partial charge in [0.15, 0.2) is 0 Å². The number of amides is 1. The highest BCUT2D eigenvalue weighted by molar-refractivity contribution is 5.84. The number of hydrogen-bond donors (Lipinski definition) is 0. The van der Waals surface area contributed by atoms with Gasteiger partial charge in [-0.15, -0.1) is 0 Å². The molecule has 2 saturated heterocycles. The first kappa shape index (κ1) is 21.8. The van der Waals surface area contributed by atoms with Gasteiger partial charge in [0.25, 0.3) is 0 Å². The van der Waals surface area contributed by atoms with Crippen LogP contribution in [0.4, 0.5) is 4.79 Å². The molecular formula is C28H32N2O3. The third kappa shape index (κ3) is 4.98. The van der Waals surface area contributed by atoms with Gasteiger partial charge in [-0.3, -0.25) is 0 Å². The van der Waals surface area contributed by atoms with E-state index in [1.54, 1.807) is 7.11 Å². The lowest BCUT2D eigenvalue weighted by Crippen LogP contribution is -2.51. The minimum Gasteiger partial charge on any atom is -0.497 e. The molecule has 2 fully saturated rings. The zero-order valence-electron chi connectivity index (χ0n) is 19.3. The number of nitrogens with zero attached hydrogens (tertiary/aromatic N) is 2. The third-order valence-corrected chi connectivity index (χ3v) is 7.13. The molecule has 1 amide bonds. The van der Waals surface area contributed by atoms with Gasteiger partial charge >= 0.3 is 6.09 Å². The number of carbonyl (C=O) groups excluding carboxylic acids is 1. The maximum absolute atomic E-state index is 13.3. The van der Waals surface area contributed by atoms with Crippen LogP contribution in [0.5, 0.6) is 11.5 Å². The van der Waals surface area contributed by atoms with E-state index < -0.39 is 0 Å². The first-order chi connectivity index (χ1) is 16.2. The second-order valence-corrected chi connectivity index (χ2v) is 9.23. The number of piperidine rings is 1. The van der Waals surface area contributed by atoms with Gasteiger partial charge in [0.05, 0.1) is 7.11 Å². The quantitative estimate of drug-likeness (QED) is 0.507. The van der Waals surface area contributed by atoms with Crippen LogP contribution in [-0.4, -0.2) is 55.2 Å². The summed E-state index contributed by atoms with van der Waals surface area (Å²) in [6.07, 6.45) is 4.15. The van der Waals surface area contributed by atoms with Gasteiger partial charge in [-0.1, -0.05) is 42.5 Å². The Balaban J connectivity index is 1.32. The summed E-state index contributed by atoms with van der Waals surface area (Å²) in [4.78, 5) is 17.7. The molecule has 33 heavy (non-hydrogen) atoms. The molecule has 5 rings (SSSR count). The zero-order chi connectivity index (χ0) is 22.6. The fourth-order valence-corrected chi connectivity index (χ4v) is 5.30. The van der Waals surface area contributed by atoms with Gasteiger partial charge < -0.3 is 19.3 Å². The molecule has 5 heteroatoms. The van der Waals surface area contributed by atoms with Crippen LogP contribution in [0.2, 0.25) is 0 Å². The fraction of sp³-hybridized carbons (Fsp3) is 0.393. The number of ether oxygens (including phenoxy) is 2. The van der Waals surface area contributed by atoms with Crippen LogP contribution in [0.3, 0.4) is 0 Å². The Labute approximate surface area is 195 Å². The Hall–Kier alpha value is -3.05. The number of fused-ring (bicyclic) bond motifs is 1. The van der Waals surface area contributed by atoms with Crippen molar-refractivity contribution in [3.8, 4) is 11.5 Å². The maximum atomic E-state index is 13.3. The van der Waals surface area contributed by atoms with Crippen molar-refractivity contribution in [2.24, 2.45) is 0 Å². The third-order valence-electron chi connectivity index (χ3n) is 7.13. The fourth-order valence-electron chi connectivity index (χ4n) is 5.30. The SMILES string of the molecule is COc1ccc(C2CCN(C(=O)Oc3ccc4ccccc4c3)C(CN3CCCC3)C2)cc1. The highest BCUT2D eigenvalue weighted by Gasteiger charge is 2.35. The van der Waals surface area contributed by atoms with Crippen LogP contribution in [0, 0.1) is 0 Å². The van der Waals surface area contributed by atoms with Gasteiger partial charge in [0.1, 0.15) is 11.5 Å². The van der Waals surface area contributed by atoms with E-state index >= 15 is 0 Å². The average molecular weight is 445 g/mol.